The maximum absolute atomic E-state index is 12.8. The number of nitrogens with one attached hydrogen (secondary N) is 1. The van der Waals surface area contributed by atoms with E-state index in [9.17, 15) is 9.59 Å². The molecule has 4 nitrogen and oxygen atoms in total. The zero-order valence-corrected chi connectivity index (χ0v) is 13.8. The van der Waals surface area contributed by atoms with E-state index in [4.69, 9.17) is 16.3 Å². The summed E-state index contributed by atoms with van der Waals surface area (Å²) >= 11 is 6.11. The van der Waals surface area contributed by atoms with E-state index in [0.717, 1.165) is 5.56 Å². The van der Waals surface area contributed by atoms with Gasteiger partial charge in [-0.1, -0.05) is 43.6 Å². The Morgan fingerprint density at radius 1 is 1.27 bits per heavy atom. The molecule has 1 saturated carbocycles. The summed E-state index contributed by atoms with van der Waals surface area (Å²) in [6, 6.07) is 7.37. The molecule has 0 aromatic heterocycles. The van der Waals surface area contributed by atoms with Gasteiger partial charge in [0, 0.05) is 17.0 Å². The standard InChI is InChI=1S/C17H20ClNO3/c1-15(2)16(3)8-9-17(15,22-14(16)21)13(20)19-10-11-6-4-5-7-12(11)18/h4-7H,8-10H2,1-3H3,(H,19,20)/t16-,17-/m1/s1. The highest BCUT2D eigenvalue weighted by atomic mass is 35.5. The van der Waals surface area contributed by atoms with E-state index < -0.39 is 16.4 Å². The van der Waals surface area contributed by atoms with Crippen molar-refractivity contribution in [1.29, 1.82) is 0 Å². The average Bonchev–Trinajstić information content (AvgIpc) is 2.76. The fourth-order valence-corrected chi connectivity index (χ4v) is 3.91. The average molecular weight is 322 g/mol. The van der Waals surface area contributed by atoms with Gasteiger partial charge in [-0.25, -0.2) is 0 Å². The minimum atomic E-state index is -1.07. The van der Waals surface area contributed by atoms with Crippen LogP contribution in [0.25, 0.3) is 0 Å². The lowest BCUT2D eigenvalue weighted by molar-refractivity contribution is -0.168. The summed E-state index contributed by atoms with van der Waals surface area (Å²) in [5.74, 6) is -0.497. The van der Waals surface area contributed by atoms with Crippen LogP contribution in [0, 0.1) is 10.8 Å². The third-order valence-corrected chi connectivity index (χ3v) is 6.22. The summed E-state index contributed by atoms with van der Waals surface area (Å²) in [5, 5.41) is 3.50. The summed E-state index contributed by atoms with van der Waals surface area (Å²) in [5.41, 5.74) is -1.34. The van der Waals surface area contributed by atoms with Gasteiger partial charge in [-0.2, -0.15) is 0 Å². The molecule has 1 aliphatic heterocycles. The summed E-state index contributed by atoms with van der Waals surface area (Å²) in [7, 11) is 0. The van der Waals surface area contributed by atoms with Crippen LogP contribution in [0.3, 0.4) is 0 Å². The fraction of sp³-hybridized carbons (Fsp3) is 0.529. The first-order valence-electron chi connectivity index (χ1n) is 7.50. The Balaban J connectivity index is 1.81. The van der Waals surface area contributed by atoms with Crippen molar-refractivity contribution < 1.29 is 14.3 Å². The van der Waals surface area contributed by atoms with Crippen molar-refractivity contribution in [2.75, 3.05) is 0 Å². The van der Waals surface area contributed by atoms with Crippen LogP contribution in [0.2, 0.25) is 5.02 Å². The number of fused-ring (bicyclic) bond motifs is 2. The van der Waals surface area contributed by atoms with Crippen molar-refractivity contribution in [3.05, 3.63) is 34.9 Å². The van der Waals surface area contributed by atoms with E-state index in [1.54, 1.807) is 6.07 Å². The van der Waals surface area contributed by atoms with Crippen molar-refractivity contribution in [2.24, 2.45) is 10.8 Å². The quantitative estimate of drug-likeness (QED) is 0.870. The van der Waals surface area contributed by atoms with Gasteiger partial charge in [-0.3, -0.25) is 9.59 Å². The number of benzene rings is 1. The molecule has 1 aromatic rings. The molecule has 1 N–H and O–H groups in total. The number of rotatable bonds is 3. The first-order chi connectivity index (χ1) is 10.2. The Bertz CT molecular complexity index is 657. The molecule has 2 fully saturated rings. The Hall–Kier alpha value is -1.55. The van der Waals surface area contributed by atoms with E-state index in [-0.39, 0.29) is 11.9 Å². The molecule has 0 radical (unpaired) electrons. The zero-order chi connectivity index (χ0) is 16.2. The van der Waals surface area contributed by atoms with Gasteiger partial charge in [0.05, 0.1) is 5.41 Å². The Morgan fingerprint density at radius 2 is 1.95 bits per heavy atom. The Morgan fingerprint density at radius 3 is 2.50 bits per heavy atom. The fourth-order valence-electron chi connectivity index (χ4n) is 3.71. The van der Waals surface area contributed by atoms with Gasteiger partial charge in [0.2, 0.25) is 0 Å². The van der Waals surface area contributed by atoms with Crippen molar-refractivity contribution in [1.82, 2.24) is 5.32 Å². The lowest BCUT2D eigenvalue weighted by atomic mass is 9.66. The number of halogens is 1. The normalized spacial score (nSPS) is 31.9. The molecule has 2 aliphatic rings. The molecule has 2 bridgehead atoms. The first-order valence-corrected chi connectivity index (χ1v) is 7.88. The number of ether oxygens (including phenoxy) is 1. The second-order valence-corrected chi connectivity index (χ2v) is 7.35. The smallest absolute Gasteiger partial charge is 0.313 e. The summed E-state index contributed by atoms with van der Waals surface area (Å²) in [4.78, 5) is 25.0. The molecule has 5 heteroatoms. The molecular weight excluding hydrogens is 302 g/mol. The van der Waals surface area contributed by atoms with Gasteiger partial charge >= 0.3 is 5.97 Å². The van der Waals surface area contributed by atoms with Gasteiger partial charge in [0.1, 0.15) is 0 Å². The number of amides is 1. The third kappa shape index (κ3) is 1.76. The van der Waals surface area contributed by atoms with Crippen LogP contribution in [-0.2, 0) is 20.9 Å². The molecule has 1 aromatic carbocycles. The summed E-state index contributed by atoms with van der Waals surface area (Å²) < 4.78 is 5.56. The lowest BCUT2D eigenvalue weighted by Gasteiger charge is -2.35. The van der Waals surface area contributed by atoms with Crippen molar-refractivity contribution in [3.8, 4) is 0 Å². The lowest BCUT2D eigenvalue weighted by Crippen LogP contribution is -2.53. The topological polar surface area (TPSA) is 55.4 Å². The number of carbonyl (C=O) groups excluding carboxylic acids is 2. The molecule has 2 atom stereocenters. The maximum Gasteiger partial charge on any atom is 0.313 e. The van der Waals surface area contributed by atoms with Gasteiger partial charge in [0.15, 0.2) is 5.60 Å². The van der Waals surface area contributed by atoms with Crippen LogP contribution >= 0.6 is 11.6 Å². The monoisotopic (exact) mass is 321 g/mol. The summed E-state index contributed by atoms with van der Waals surface area (Å²) in [6.45, 7) is 6.11. The molecule has 0 spiro atoms. The molecule has 0 unspecified atom stereocenters. The highest BCUT2D eigenvalue weighted by Crippen LogP contribution is 2.65. The molecule has 1 aliphatic carbocycles. The van der Waals surface area contributed by atoms with Crippen LogP contribution in [0.4, 0.5) is 0 Å². The van der Waals surface area contributed by atoms with E-state index in [1.807, 2.05) is 39.0 Å². The molecule has 22 heavy (non-hydrogen) atoms. The number of esters is 1. The molecular formula is C17H20ClNO3. The van der Waals surface area contributed by atoms with Crippen molar-refractivity contribution in [3.63, 3.8) is 0 Å². The number of hydrogen-bond acceptors (Lipinski definition) is 3. The summed E-state index contributed by atoms with van der Waals surface area (Å²) in [6.07, 6.45) is 1.24. The second-order valence-electron chi connectivity index (χ2n) is 6.95. The zero-order valence-electron chi connectivity index (χ0n) is 13.0. The highest BCUT2D eigenvalue weighted by Gasteiger charge is 2.75. The van der Waals surface area contributed by atoms with E-state index >= 15 is 0 Å². The van der Waals surface area contributed by atoms with Crippen molar-refractivity contribution in [2.45, 2.75) is 45.8 Å². The van der Waals surface area contributed by atoms with Gasteiger partial charge < -0.3 is 10.1 Å². The highest BCUT2D eigenvalue weighted by molar-refractivity contribution is 6.31. The van der Waals surface area contributed by atoms with E-state index in [1.165, 1.54) is 0 Å². The predicted molar refractivity (Wildman–Crippen MR) is 83.2 cm³/mol. The molecule has 1 saturated heterocycles. The van der Waals surface area contributed by atoms with Crippen LogP contribution < -0.4 is 5.32 Å². The van der Waals surface area contributed by atoms with Gasteiger partial charge in [0.25, 0.3) is 5.91 Å². The van der Waals surface area contributed by atoms with E-state index in [2.05, 4.69) is 5.32 Å². The SMILES string of the molecule is CC1(C)[C@]2(C)CC[C@]1(C(=O)NCc1ccccc1Cl)OC2=O. The second kappa shape index (κ2) is 4.72. The van der Waals surface area contributed by atoms with Crippen molar-refractivity contribution >= 4 is 23.5 Å². The van der Waals surface area contributed by atoms with Crippen LogP contribution in [0.15, 0.2) is 24.3 Å². The molecule has 3 rings (SSSR count). The van der Waals surface area contributed by atoms with Gasteiger partial charge in [-0.15, -0.1) is 0 Å². The predicted octanol–water partition coefficient (Wildman–Crippen LogP) is 3.08. The van der Waals surface area contributed by atoms with E-state index in [0.29, 0.717) is 24.4 Å². The minimum absolute atomic E-state index is 0.230. The van der Waals surface area contributed by atoms with Crippen LogP contribution in [0.1, 0.15) is 39.2 Å². The Labute approximate surface area is 135 Å². The van der Waals surface area contributed by atoms with Crippen LogP contribution in [0.5, 0.6) is 0 Å². The minimum Gasteiger partial charge on any atom is -0.448 e. The number of hydrogen-bond donors (Lipinski definition) is 1. The third-order valence-electron chi connectivity index (χ3n) is 5.85. The van der Waals surface area contributed by atoms with Gasteiger partial charge in [-0.05, 0) is 31.4 Å². The largest absolute Gasteiger partial charge is 0.448 e. The molecule has 1 heterocycles. The molecule has 118 valence electrons. The maximum atomic E-state index is 12.8. The van der Waals surface area contributed by atoms with Crippen LogP contribution in [-0.4, -0.2) is 17.5 Å². The number of carbonyl (C=O) groups is 2. The Kier molecular flexibility index (Phi) is 3.29. The first kappa shape index (κ1) is 15.3. The molecule has 1 amide bonds.